The van der Waals surface area contributed by atoms with Crippen molar-refractivity contribution in [3.8, 4) is 11.4 Å². The largest absolute Gasteiger partial charge is 0.484 e. The van der Waals surface area contributed by atoms with E-state index in [2.05, 4.69) is 5.32 Å². The number of fused-ring (bicyclic) bond motifs is 1. The van der Waals surface area contributed by atoms with Crippen molar-refractivity contribution in [2.75, 3.05) is 11.9 Å². The molecule has 3 aromatic rings. The molecule has 1 aliphatic rings. The number of rotatable bonds is 5. The van der Waals surface area contributed by atoms with Crippen molar-refractivity contribution in [1.29, 1.82) is 0 Å². The molecule has 0 radical (unpaired) electrons. The maximum absolute atomic E-state index is 12.5. The van der Waals surface area contributed by atoms with E-state index >= 15 is 0 Å². The molecule has 0 bridgehead atoms. The van der Waals surface area contributed by atoms with Gasteiger partial charge >= 0.3 is 0 Å². The molecule has 5 nitrogen and oxygen atoms in total. The predicted octanol–water partition coefficient (Wildman–Crippen LogP) is 3.95. The summed E-state index contributed by atoms with van der Waals surface area (Å²) >= 11 is 1.81. The second-order valence-corrected chi connectivity index (χ2v) is 7.10. The SMILES string of the molecule is Cc1ccccc1-n1nc2c(c1NC(=O)COc1ccccc1)CSC2. The molecule has 0 unspecified atom stereocenters. The number of nitrogens with one attached hydrogen (secondary N) is 1. The molecule has 2 heterocycles. The van der Waals surface area contributed by atoms with Crippen LogP contribution in [-0.4, -0.2) is 22.3 Å². The molecule has 6 heteroatoms. The number of aromatic nitrogens is 2. The van der Waals surface area contributed by atoms with Crippen molar-refractivity contribution < 1.29 is 9.53 Å². The van der Waals surface area contributed by atoms with Crippen molar-refractivity contribution >= 4 is 23.5 Å². The highest BCUT2D eigenvalue weighted by molar-refractivity contribution is 7.98. The minimum atomic E-state index is -0.191. The number of para-hydroxylation sites is 2. The lowest BCUT2D eigenvalue weighted by molar-refractivity contribution is -0.118. The third kappa shape index (κ3) is 3.32. The summed E-state index contributed by atoms with van der Waals surface area (Å²) in [4.78, 5) is 12.5. The Morgan fingerprint density at radius 2 is 1.92 bits per heavy atom. The summed E-state index contributed by atoms with van der Waals surface area (Å²) in [6, 6.07) is 17.4. The van der Waals surface area contributed by atoms with Gasteiger partial charge in [-0.05, 0) is 30.7 Å². The Hall–Kier alpha value is -2.73. The smallest absolute Gasteiger partial charge is 0.263 e. The molecule has 1 aliphatic heterocycles. The Morgan fingerprint density at radius 1 is 1.15 bits per heavy atom. The molecule has 0 spiro atoms. The fraction of sp³-hybridized carbons (Fsp3) is 0.200. The third-order valence-electron chi connectivity index (χ3n) is 4.27. The van der Waals surface area contributed by atoms with Gasteiger partial charge in [0.05, 0.1) is 11.4 Å². The van der Waals surface area contributed by atoms with E-state index in [1.54, 1.807) is 0 Å². The number of ether oxygens (including phenoxy) is 1. The van der Waals surface area contributed by atoms with Crippen LogP contribution in [0.5, 0.6) is 5.75 Å². The zero-order valence-corrected chi connectivity index (χ0v) is 15.3. The van der Waals surface area contributed by atoms with Gasteiger partial charge in [-0.15, -0.1) is 0 Å². The van der Waals surface area contributed by atoms with Crippen LogP contribution in [0, 0.1) is 6.92 Å². The van der Waals surface area contributed by atoms with Gasteiger partial charge in [-0.3, -0.25) is 4.79 Å². The first-order chi connectivity index (χ1) is 12.7. The maximum atomic E-state index is 12.5. The number of hydrogen-bond donors (Lipinski definition) is 1. The molecule has 0 saturated heterocycles. The van der Waals surface area contributed by atoms with E-state index in [0.717, 1.165) is 39.8 Å². The van der Waals surface area contributed by atoms with Gasteiger partial charge in [-0.2, -0.15) is 16.9 Å². The van der Waals surface area contributed by atoms with Crippen molar-refractivity contribution in [3.63, 3.8) is 0 Å². The van der Waals surface area contributed by atoms with Gasteiger partial charge in [0.25, 0.3) is 5.91 Å². The molecular formula is C20H19N3O2S. The average molecular weight is 365 g/mol. The van der Waals surface area contributed by atoms with E-state index in [-0.39, 0.29) is 12.5 Å². The standard InChI is InChI=1S/C20H19N3O2S/c1-14-7-5-6-10-18(14)23-20(16-12-26-13-17(16)22-23)21-19(24)11-25-15-8-3-2-4-9-15/h2-10H,11-13H2,1H3,(H,21,24). The summed E-state index contributed by atoms with van der Waals surface area (Å²) < 4.78 is 7.41. The number of amides is 1. The van der Waals surface area contributed by atoms with E-state index < -0.39 is 0 Å². The van der Waals surface area contributed by atoms with Gasteiger partial charge in [0.15, 0.2) is 6.61 Å². The Morgan fingerprint density at radius 3 is 2.73 bits per heavy atom. The van der Waals surface area contributed by atoms with Crippen LogP contribution in [0.4, 0.5) is 5.82 Å². The monoisotopic (exact) mass is 365 g/mol. The number of carbonyl (C=O) groups is 1. The predicted molar refractivity (Wildman–Crippen MR) is 104 cm³/mol. The second kappa shape index (κ2) is 7.25. The summed E-state index contributed by atoms with van der Waals surface area (Å²) in [5.41, 5.74) is 4.23. The Kier molecular flexibility index (Phi) is 4.67. The van der Waals surface area contributed by atoms with Crippen LogP contribution < -0.4 is 10.1 Å². The first-order valence-electron chi connectivity index (χ1n) is 8.44. The van der Waals surface area contributed by atoms with Crippen LogP contribution in [0.1, 0.15) is 16.8 Å². The maximum Gasteiger partial charge on any atom is 0.263 e. The molecule has 0 fully saturated rings. The van der Waals surface area contributed by atoms with E-state index in [9.17, 15) is 4.79 Å². The topological polar surface area (TPSA) is 56.2 Å². The summed E-state index contributed by atoms with van der Waals surface area (Å²) in [6.07, 6.45) is 0. The van der Waals surface area contributed by atoms with Crippen LogP contribution in [0.15, 0.2) is 54.6 Å². The second-order valence-electron chi connectivity index (χ2n) is 6.11. The number of thioether (sulfide) groups is 1. The lowest BCUT2D eigenvalue weighted by Crippen LogP contribution is -2.22. The van der Waals surface area contributed by atoms with Crippen molar-refractivity contribution in [2.24, 2.45) is 0 Å². The molecule has 4 rings (SSSR count). The molecule has 2 aromatic carbocycles. The lowest BCUT2D eigenvalue weighted by atomic mass is 10.2. The zero-order valence-electron chi connectivity index (χ0n) is 14.4. The molecule has 1 aromatic heterocycles. The first kappa shape index (κ1) is 16.7. The number of nitrogens with zero attached hydrogens (tertiary/aromatic N) is 2. The first-order valence-corrected chi connectivity index (χ1v) is 9.60. The summed E-state index contributed by atoms with van der Waals surface area (Å²) in [5.74, 6) is 2.97. The minimum Gasteiger partial charge on any atom is -0.484 e. The van der Waals surface area contributed by atoms with Crippen LogP contribution in [0.3, 0.4) is 0 Å². The number of hydrogen-bond acceptors (Lipinski definition) is 4. The average Bonchev–Trinajstić information content (AvgIpc) is 3.24. The lowest BCUT2D eigenvalue weighted by Gasteiger charge is -2.13. The quantitative estimate of drug-likeness (QED) is 0.744. The molecule has 0 saturated carbocycles. The van der Waals surface area contributed by atoms with Gasteiger partial charge in [-0.1, -0.05) is 36.4 Å². The minimum absolute atomic E-state index is 0.0368. The van der Waals surface area contributed by atoms with Gasteiger partial charge in [0.1, 0.15) is 11.6 Å². The van der Waals surface area contributed by atoms with Gasteiger partial charge in [0, 0.05) is 17.1 Å². The Bertz CT molecular complexity index is 937. The highest BCUT2D eigenvalue weighted by Crippen LogP contribution is 2.36. The zero-order chi connectivity index (χ0) is 17.9. The van der Waals surface area contributed by atoms with Crippen LogP contribution in [-0.2, 0) is 16.3 Å². The van der Waals surface area contributed by atoms with Gasteiger partial charge < -0.3 is 10.1 Å². The Labute approximate surface area is 156 Å². The number of benzene rings is 2. The van der Waals surface area contributed by atoms with Crippen LogP contribution in [0.2, 0.25) is 0 Å². The summed E-state index contributed by atoms with van der Waals surface area (Å²) in [5, 5.41) is 7.74. The molecule has 1 N–H and O–H groups in total. The number of carbonyl (C=O) groups excluding carboxylic acids is 1. The van der Waals surface area contributed by atoms with E-state index in [0.29, 0.717) is 5.75 Å². The summed E-state index contributed by atoms with van der Waals surface area (Å²) in [7, 11) is 0. The van der Waals surface area contributed by atoms with Gasteiger partial charge in [0.2, 0.25) is 0 Å². The highest BCUT2D eigenvalue weighted by atomic mass is 32.2. The molecule has 0 aliphatic carbocycles. The summed E-state index contributed by atoms with van der Waals surface area (Å²) in [6.45, 7) is 2.01. The third-order valence-corrected chi connectivity index (χ3v) is 5.24. The van der Waals surface area contributed by atoms with E-state index in [1.807, 2.05) is 78.0 Å². The Balaban J connectivity index is 1.58. The molecule has 1 amide bonds. The fourth-order valence-electron chi connectivity index (χ4n) is 2.95. The number of anilines is 1. The number of aryl methyl sites for hydroxylation is 1. The van der Waals surface area contributed by atoms with Crippen molar-refractivity contribution in [2.45, 2.75) is 18.4 Å². The van der Waals surface area contributed by atoms with Crippen LogP contribution >= 0.6 is 11.8 Å². The highest BCUT2D eigenvalue weighted by Gasteiger charge is 2.25. The van der Waals surface area contributed by atoms with Crippen molar-refractivity contribution in [1.82, 2.24) is 9.78 Å². The van der Waals surface area contributed by atoms with E-state index in [4.69, 9.17) is 9.84 Å². The molecule has 26 heavy (non-hydrogen) atoms. The van der Waals surface area contributed by atoms with Crippen LogP contribution in [0.25, 0.3) is 5.69 Å². The van der Waals surface area contributed by atoms with Crippen molar-refractivity contribution in [3.05, 3.63) is 71.4 Å². The van der Waals surface area contributed by atoms with E-state index in [1.165, 1.54) is 0 Å². The fourth-order valence-corrected chi connectivity index (χ4v) is 3.99. The van der Waals surface area contributed by atoms with Gasteiger partial charge in [-0.25, -0.2) is 4.68 Å². The normalized spacial score (nSPS) is 12.7. The molecular weight excluding hydrogens is 346 g/mol. The molecule has 132 valence electrons. The molecule has 0 atom stereocenters.